The smallest absolute Gasteiger partial charge is 0.260 e. The Hall–Kier alpha value is -2.94. The number of amides is 1. The lowest BCUT2D eigenvalue weighted by Gasteiger charge is -2.15. The predicted octanol–water partition coefficient (Wildman–Crippen LogP) is 2.31. The third-order valence-corrected chi connectivity index (χ3v) is 4.89. The monoisotopic (exact) mass is 398 g/mol. The highest BCUT2D eigenvalue weighted by atomic mass is 16.1. The van der Waals surface area contributed by atoms with Crippen LogP contribution in [0.5, 0.6) is 0 Å². The molecule has 0 aromatic carbocycles. The van der Waals surface area contributed by atoms with Crippen molar-refractivity contribution >= 4 is 29.2 Å². The molecular weight excluding hydrogens is 368 g/mol. The molecule has 9 nitrogen and oxygen atoms in total. The maximum absolute atomic E-state index is 12.8. The summed E-state index contributed by atoms with van der Waals surface area (Å²) in [7, 11) is 1.80. The SMILES string of the molecule is CNc1ccc(C(=O)Nc2ccc(N3CCCC3)nn2)c(NCCCCCN)n1. The molecule has 0 bridgehead atoms. The summed E-state index contributed by atoms with van der Waals surface area (Å²) >= 11 is 0. The summed E-state index contributed by atoms with van der Waals surface area (Å²) in [5.74, 6) is 2.24. The lowest BCUT2D eigenvalue weighted by Crippen LogP contribution is -2.20. The number of nitrogens with two attached hydrogens (primary N) is 1. The zero-order valence-corrected chi connectivity index (χ0v) is 16.9. The molecule has 1 aliphatic rings. The molecule has 0 unspecified atom stereocenters. The minimum Gasteiger partial charge on any atom is -0.373 e. The molecule has 1 amide bonds. The van der Waals surface area contributed by atoms with Gasteiger partial charge in [-0.3, -0.25) is 4.79 Å². The van der Waals surface area contributed by atoms with Gasteiger partial charge in [-0.05, 0) is 56.5 Å². The van der Waals surface area contributed by atoms with Crippen LogP contribution in [0.3, 0.4) is 0 Å². The number of rotatable bonds is 10. The van der Waals surface area contributed by atoms with Gasteiger partial charge < -0.3 is 26.6 Å². The van der Waals surface area contributed by atoms with Crippen molar-refractivity contribution < 1.29 is 4.79 Å². The number of nitrogens with zero attached hydrogens (tertiary/aromatic N) is 4. The minimum absolute atomic E-state index is 0.271. The van der Waals surface area contributed by atoms with Crippen molar-refractivity contribution in [1.82, 2.24) is 15.2 Å². The average Bonchev–Trinajstić information content (AvgIpc) is 3.29. The van der Waals surface area contributed by atoms with Crippen LogP contribution in [0, 0.1) is 0 Å². The van der Waals surface area contributed by atoms with E-state index in [2.05, 4.69) is 36.0 Å². The average molecular weight is 399 g/mol. The Morgan fingerprint density at radius 2 is 1.86 bits per heavy atom. The van der Waals surface area contributed by atoms with Gasteiger partial charge in [-0.15, -0.1) is 10.2 Å². The summed E-state index contributed by atoms with van der Waals surface area (Å²) in [6, 6.07) is 7.21. The third-order valence-electron chi connectivity index (χ3n) is 4.89. The minimum atomic E-state index is -0.271. The second kappa shape index (κ2) is 10.6. The Morgan fingerprint density at radius 1 is 1.07 bits per heavy atom. The van der Waals surface area contributed by atoms with Gasteiger partial charge in [0, 0.05) is 26.7 Å². The summed E-state index contributed by atoms with van der Waals surface area (Å²) in [6.07, 6.45) is 5.35. The number of aromatic nitrogens is 3. The van der Waals surface area contributed by atoms with E-state index in [4.69, 9.17) is 5.73 Å². The molecule has 1 saturated heterocycles. The highest BCUT2D eigenvalue weighted by Gasteiger charge is 2.16. The first-order valence-corrected chi connectivity index (χ1v) is 10.2. The molecule has 2 aromatic heterocycles. The number of carbonyl (C=O) groups excluding carboxylic acids is 1. The quantitative estimate of drug-likeness (QED) is 0.450. The number of nitrogens with one attached hydrogen (secondary N) is 3. The Kier molecular flexibility index (Phi) is 7.57. The molecule has 0 saturated carbocycles. The molecule has 3 rings (SSSR count). The fourth-order valence-electron chi connectivity index (χ4n) is 3.26. The van der Waals surface area contributed by atoms with Crippen LogP contribution in [-0.4, -0.2) is 54.3 Å². The van der Waals surface area contributed by atoms with E-state index >= 15 is 0 Å². The van der Waals surface area contributed by atoms with Crippen LogP contribution in [0.1, 0.15) is 42.5 Å². The molecule has 156 valence electrons. The Bertz CT molecular complexity index is 790. The van der Waals surface area contributed by atoms with E-state index in [1.807, 2.05) is 6.07 Å². The van der Waals surface area contributed by atoms with Gasteiger partial charge in [0.2, 0.25) is 0 Å². The van der Waals surface area contributed by atoms with Crippen molar-refractivity contribution in [3.8, 4) is 0 Å². The molecule has 0 aliphatic carbocycles. The van der Waals surface area contributed by atoms with Crippen LogP contribution in [0.4, 0.5) is 23.3 Å². The zero-order valence-electron chi connectivity index (χ0n) is 16.9. The van der Waals surface area contributed by atoms with Gasteiger partial charge in [0.15, 0.2) is 11.6 Å². The Balaban J connectivity index is 1.65. The van der Waals surface area contributed by atoms with Gasteiger partial charge in [-0.25, -0.2) is 4.98 Å². The first-order chi connectivity index (χ1) is 14.2. The van der Waals surface area contributed by atoms with Gasteiger partial charge in [0.1, 0.15) is 11.6 Å². The number of hydrogen-bond acceptors (Lipinski definition) is 8. The molecule has 1 aliphatic heterocycles. The molecule has 9 heteroatoms. The lowest BCUT2D eigenvalue weighted by molar-refractivity contribution is 0.102. The highest BCUT2D eigenvalue weighted by molar-refractivity contribution is 6.07. The fraction of sp³-hybridized carbons (Fsp3) is 0.500. The number of pyridine rings is 1. The van der Waals surface area contributed by atoms with Crippen LogP contribution in [-0.2, 0) is 0 Å². The van der Waals surface area contributed by atoms with Crippen LogP contribution in [0.2, 0.25) is 0 Å². The van der Waals surface area contributed by atoms with Gasteiger partial charge in [-0.1, -0.05) is 6.42 Å². The molecular formula is C20H30N8O. The highest BCUT2D eigenvalue weighted by Crippen LogP contribution is 2.20. The van der Waals surface area contributed by atoms with E-state index in [1.165, 1.54) is 12.8 Å². The second-order valence-electron chi connectivity index (χ2n) is 7.04. The van der Waals surface area contributed by atoms with Gasteiger partial charge in [-0.2, -0.15) is 0 Å². The van der Waals surface area contributed by atoms with E-state index in [9.17, 15) is 4.79 Å². The summed E-state index contributed by atoms with van der Waals surface area (Å²) in [4.78, 5) is 19.5. The van der Waals surface area contributed by atoms with Gasteiger partial charge in [0.25, 0.3) is 5.91 Å². The van der Waals surface area contributed by atoms with Crippen LogP contribution >= 0.6 is 0 Å². The van der Waals surface area contributed by atoms with Crippen molar-refractivity contribution in [2.45, 2.75) is 32.1 Å². The molecule has 0 spiro atoms. The maximum atomic E-state index is 12.8. The van der Waals surface area contributed by atoms with E-state index in [-0.39, 0.29) is 5.91 Å². The van der Waals surface area contributed by atoms with Crippen LogP contribution < -0.4 is 26.6 Å². The molecule has 5 N–H and O–H groups in total. The van der Waals surface area contributed by atoms with E-state index < -0.39 is 0 Å². The normalized spacial score (nSPS) is 13.4. The van der Waals surface area contributed by atoms with E-state index in [0.717, 1.165) is 44.7 Å². The lowest BCUT2D eigenvalue weighted by atomic mass is 10.2. The summed E-state index contributed by atoms with van der Waals surface area (Å²) in [6.45, 7) is 3.43. The summed E-state index contributed by atoms with van der Waals surface area (Å²) in [5.41, 5.74) is 6.00. The topological polar surface area (TPSA) is 121 Å². The molecule has 3 heterocycles. The molecule has 29 heavy (non-hydrogen) atoms. The fourth-order valence-corrected chi connectivity index (χ4v) is 3.26. The number of anilines is 4. The molecule has 0 atom stereocenters. The molecule has 2 aromatic rings. The standard InChI is InChI=1S/C20H30N8O/c1-22-16-8-7-15(19(24-16)23-12-4-2-3-11-21)20(29)25-17-9-10-18(27-26-17)28-13-5-6-14-28/h7-10H,2-6,11-14,21H2,1H3,(H2,22,23,24)(H,25,26,29). The largest absolute Gasteiger partial charge is 0.373 e. The summed E-state index contributed by atoms with van der Waals surface area (Å²) in [5, 5.41) is 17.5. The number of carbonyl (C=O) groups is 1. The molecule has 1 fully saturated rings. The van der Waals surface area contributed by atoms with Gasteiger partial charge in [0.05, 0.1) is 5.56 Å². The Morgan fingerprint density at radius 3 is 2.55 bits per heavy atom. The van der Waals surface area contributed by atoms with Crippen LogP contribution in [0.25, 0.3) is 0 Å². The second-order valence-corrected chi connectivity index (χ2v) is 7.04. The number of hydrogen-bond donors (Lipinski definition) is 4. The first-order valence-electron chi connectivity index (χ1n) is 10.2. The number of unbranched alkanes of at least 4 members (excludes halogenated alkanes) is 2. The zero-order chi connectivity index (χ0) is 20.5. The van der Waals surface area contributed by atoms with Gasteiger partial charge >= 0.3 is 0 Å². The van der Waals surface area contributed by atoms with Crippen molar-refractivity contribution in [3.63, 3.8) is 0 Å². The maximum Gasteiger partial charge on any atom is 0.260 e. The third kappa shape index (κ3) is 5.77. The molecule has 0 radical (unpaired) electrons. The van der Waals surface area contributed by atoms with E-state index in [1.54, 1.807) is 25.2 Å². The van der Waals surface area contributed by atoms with Crippen molar-refractivity contribution in [3.05, 3.63) is 29.8 Å². The predicted molar refractivity (Wildman–Crippen MR) is 117 cm³/mol. The van der Waals surface area contributed by atoms with Crippen LogP contribution in [0.15, 0.2) is 24.3 Å². The first kappa shape index (κ1) is 20.8. The van der Waals surface area contributed by atoms with Crippen molar-refractivity contribution in [2.75, 3.05) is 54.1 Å². The van der Waals surface area contributed by atoms with E-state index in [0.29, 0.717) is 29.6 Å². The van der Waals surface area contributed by atoms with Crippen molar-refractivity contribution in [1.29, 1.82) is 0 Å². The Labute approximate surface area is 171 Å². The van der Waals surface area contributed by atoms with Crippen molar-refractivity contribution in [2.24, 2.45) is 5.73 Å². The summed E-state index contributed by atoms with van der Waals surface area (Å²) < 4.78 is 0.